The summed E-state index contributed by atoms with van der Waals surface area (Å²) in [5.74, 6) is 0.643. The molecule has 2 N–H and O–H groups in total. The Balaban J connectivity index is 1.62. The van der Waals surface area contributed by atoms with E-state index in [1.165, 1.54) is 18.6 Å². The monoisotopic (exact) mass is 427 g/mol. The van der Waals surface area contributed by atoms with Crippen molar-refractivity contribution in [3.8, 4) is 11.1 Å². The van der Waals surface area contributed by atoms with Crippen LogP contribution in [-0.2, 0) is 11.0 Å². The average Bonchev–Trinajstić information content (AvgIpc) is 3.36. The van der Waals surface area contributed by atoms with Gasteiger partial charge in [-0.15, -0.1) is 0 Å². The van der Waals surface area contributed by atoms with Crippen LogP contribution in [0.15, 0.2) is 36.4 Å². The number of benzene rings is 2. The minimum absolute atomic E-state index is 0.177. The van der Waals surface area contributed by atoms with Crippen LogP contribution in [0.5, 0.6) is 0 Å². The number of fused-ring (bicyclic) bond motifs is 1. The van der Waals surface area contributed by atoms with Gasteiger partial charge in [0.2, 0.25) is 0 Å². The van der Waals surface area contributed by atoms with Crippen LogP contribution < -0.4 is 5.48 Å². The zero-order valence-corrected chi connectivity index (χ0v) is 17.5. The van der Waals surface area contributed by atoms with Gasteiger partial charge in [0.1, 0.15) is 11.3 Å². The summed E-state index contributed by atoms with van der Waals surface area (Å²) >= 11 is 0. The maximum Gasteiger partial charge on any atom is 0.417 e. The molecule has 7 heteroatoms. The lowest BCUT2D eigenvalue weighted by molar-refractivity contribution is -0.137. The second kappa shape index (κ2) is 7.12. The molecular weight excluding hydrogens is 403 g/mol. The summed E-state index contributed by atoms with van der Waals surface area (Å²) in [6.45, 7) is 3.71. The minimum atomic E-state index is -4.42. The molecule has 0 bridgehead atoms. The molecule has 2 aliphatic rings. The average molecular weight is 427 g/mol. The fourth-order valence-electron chi connectivity index (χ4n) is 4.82. The van der Waals surface area contributed by atoms with Crippen LogP contribution in [0, 0.1) is 13.8 Å². The maximum absolute atomic E-state index is 13.6. The smallest absolute Gasteiger partial charge is 0.336 e. The molecule has 162 valence electrons. The quantitative estimate of drug-likeness (QED) is 0.495. The lowest BCUT2D eigenvalue weighted by atomic mass is 9.84. The van der Waals surface area contributed by atoms with Crippen molar-refractivity contribution >= 4 is 16.7 Å². The number of aromatic nitrogens is 2. The van der Waals surface area contributed by atoms with E-state index in [4.69, 9.17) is 9.82 Å². The van der Waals surface area contributed by atoms with Crippen LogP contribution in [0.2, 0.25) is 0 Å². The van der Waals surface area contributed by atoms with Crippen molar-refractivity contribution in [2.24, 2.45) is 0 Å². The van der Waals surface area contributed by atoms with Gasteiger partial charge in [-0.1, -0.05) is 37.5 Å². The van der Waals surface area contributed by atoms with Gasteiger partial charge in [-0.3, -0.25) is 10.3 Å². The van der Waals surface area contributed by atoms with E-state index in [1.54, 1.807) is 12.1 Å². The standard InChI is InChI=1S/C24H24F3N3O/c1-14-12-17(16-8-4-5-9-18(16)24(25,26)27)15(2)21-20(14)28-22(29-21)19-13-23(31-30-19)10-6-3-7-11-23/h4-5,8-9,12-13,30H,3,6-7,10-11H2,1-2H3,(H,28,29). The van der Waals surface area contributed by atoms with E-state index in [1.807, 2.05) is 13.8 Å². The molecule has 5 rings (SSSR count). The predicted octanol–water partition coefficient (Wildman–Crippen LogP) is 6.44. The van der Waals surface area contributed by atoms with Crippen molar-refractivity contribution in [3.05, 3.63) is 58.9 Å². The summed E-state index contributed by atoms with van der Waals surface area (Å²) in [5.41, 5.74) is 6.69. The Bertz CT molecular complexity index is 1190. The van der Waals surface area contributed by atoms with E-state index in [0.29, 0.717) is 11.4 Å². The van der Waals surface area contributed by atoms with Crippen molar-refractivity contribution in [1.29, 1.82) is 0 Å². The van der Waals surface area contributed by atoms with Crippen molar-refractivity contribution < 1.29 is 18.0 Å². The molecule has 4 nitrogen and oxygen atoms in total. The molecule has 2 aromatic carbocycles. The second-order valence-corrected chi connectivity index (χ2v) is 8.61. The molecule has 1 saturated carbocycles. The van der Waals surface area contributed by atoms with Gasteiger partial charge >= 0.3 is 6.18 Å². The van der Waals surface area contributed by atoms with E-state index < -0.39 is 11.7 Å². The van der Waals surface area contributed by atoms with Gasteiger partial charge in [0.25, 0.3) is 0 Å². The number of aromatic amines is 1. The number of aryl methyl sites for hydroxylation is 2. The molecule has 1 aliphatic carbocycles. The molecule has 1 aromatic heterocycles. The molecule has 0 amide bonds. The van der Waals surface area contributed by atoms with Gasteiger partial charge in [-0.25, -0.2) is 4.98 Å². The van der Waals surface area contributed by atoms with Gasteiger partial charge in [0, 0.05) is 0 Å². The summed E-state index contributed by atoms with van der Waals surface area (Å²) in [4.78, 5) is 14.0. The highest BCUT2D eigenvalue weighted by Gasteiger charge is 2.37. The largest absolute Gasteiger partial charge is 0.417 e. The molecule has 2 heterocycles. The molecular formula is C24H24F3N3O. The van der Waals surface area contributed by atoms with Gasteiger partial charge in [0.05, 0.1) is 16.6 Å². The highest BCUT2D eigenvalue weighted by Crippen LogP contribution is 2.41. The summed E-state index contributed by atoms with van der Waals surface area (Å²) in [7, 11) is 0. The Hall–Kier alpha value is -2.80. The van der Waals surface area contributed by atoms with Gasteiger partial charge < -0.3 is 4.98 Å². The Kier molecular flexibility index (Phi) is 4.62. The Morgan fingerprint density at radius 1 is 1.03 bits per heavy atom. The molecule has 31 heavy (non-hydrogen) atoms. The Morgan fingerprint density at radius 3 is 2.52 bits per heavy atom. The van der Waals surface area contributed by atoms with E-state index in [2.05, 4.69) is 16.5 Å². The number of hydrogen-bond acceptors (Lipinski definition) is 3. The van der Waals surface area contributed by atoms with Gasteiger partial charge in [-0.05, 0) is 67.2 Å². The third-order valence-corrected chi connectivity index (χ3v) is 6.47. The van der Waals surface area contributed by atoms with Gasteiger partial charge in [-0.2, -0.15) is 13.2 Å². The highest BCUT2D eigenvalue weighted by molar-refractivity contribution is 5.91. The third kappa shape index (κ3) is 3.41. The Labute approximate surface area is 178 Å². The number of hydrogen-bond donors (Lipinski definition) is 2. The van der Waals surface area contributed by atoms with Crippen LogP contribution in [0.25, 0.3) is 27.9 Å². The Morgan fingerprint density at radius 2 is 1.77 bits per heavy atom. The summed E-state index contributed by atoms with van der Waals surface area (Å²) in [6.07, 6.45) is 3.11. The number of nitrogens with one attached hydrogen (secondary N) is 2. The molecule has 0 saturated heterocycles. The van der Waals surface area contributed by atoms with Crippen molar-refractivity contribution in [2.75, 3.05) is 0 Å². The zero-order valence-electron chi connectivity index (χ0n) is 17.5. The van der Waals surface area contributed by atoms with E-state index in [9.17, 15) is 13.2 Å². The van der Waals surface area contributed by atoms with E-state index in [-0.39, 0.29) is 11.2 Å². The molecule has 1 aliphatic heterocycles. The molecule has 0 unspecified atom stereocenters. The van der Waals surface area contributed by atoms with Crippen LogP contribution in [0.1, 0.15) is 54.6 Å². The summed E-state index contributed by atoms with van der Waals surface area (Å²) < 4.78 is 40.8. The van der Waals surface area contributed by atoms with Crippen LogP contribution >= 0.6 is 0 Å². The number of rotatable bonds is 2. The first kappa shape index (κ1) is 20.1. The first-order valence-electron chi connectivity index (χ1n) is 10.6. The number of halogens is 3. The lowest BCUT2D eigenvalue weighted by Crippen LogP contribution is -2.31. The van der Waals surface area contributed by atoms with Crippen LogP contribution in [0.3, 0.4) is 0 Å². The summed E-state index contributed by atoms with van der Waals surface area (Å²) in [5, 5.41) is 0. The first-order valence-corrected chi connectivity index (χ1v) is 10.6. The second-order valence-electron chi connectivity index (χ2n) is 8.61. The minimum Gasteiger partial charge on any atom is -0.336 e. The number of nitrogens with zero attached hydrogens (tertiary/aromatic N) is 1. The van der Waals surface area contributed by atoms with Crippen molar-refractivity contribution in [2.45, 2.75) is 57.7 Å². The topological polar surface area (TPSA) is 49.9 Å². The third-order valence-electron chi connectivity index (χ3n) is 6.47. The molecule has 0 atom stereocenters. The number of imidazole rings is 1. The number of hydroxylamine groups is 1. The number of H-pyrrole nitrogens is 1. The summed E-state index contributed by atoms with van der Waals surface area (Å²) in [6, 6.07) is 7.50. The normalized spacial score (nSPS) is 18.4. The SMILES string of the molecule is Cc1cc(-c2ccccc2C(F)(F)F)c(C)c2[nH]c(C3=CC4(CCCCC4)ON3)nc12. The molecule has 1 fully saturated rings. The molecule has 1 spiro atoms. The maximum atomic E-state index is 13.6. The fourth-order valence-corrected chi connectivity index (χ4v) is 4.82. The van der Waals surface area contributed by atoms with Crippen LogP contribution in [-0.4, -0.2) is 15.6 Å². The highest BCUT2D eigenvalue weighted by atomic mass is 19.4. The fraction of sp³-hybridized carbons (Fsp3) is 0.375. The number of alkyl halides is 3. The van der Waals surface area contributed by atoms with Gasteiger partial charge in [0.15, 0.2) is 5.82 Å². The van der Waals surface area contributed by atoms with Crippen LogP contribution in [0.4, 0.5) is 13.2 Å². The molecule has 3 aromatic rings. The zero-order chi connectivity index (χ0) is 21.8. The van der Waals surface area contributed by atoms with E-state index >= 15 is 0 Å². The van der Waals surface area contributed by atoms with E-state index in [0.717, 1.165) is 59.6 Å². The first-order chi connectivity index (χ1) is 14.8. The molecule has 0 radical (unpaired) electrons. The lowest BCUT2D eigenvalue weighted by Gasteiger charge is -2.29. The van der Waals surface area contributed by atoms with Crippen molar-refractivity contribution in [3.63, 3.8) is 0 Å². The predicted molar refractivity (Wildman–Crippen MR) is 114 cm³/mol. The van der Waals surface area contributed by atoms with Crippen molar-refractivity contribution in [1.82, 2.24) is 15.4 Å².